The molecule has 18 heavy (non-hydrogen) atoms. The van der Waals surface area contributed by atoms with Crippen molar-refractivity contribution in [2.75, 3.05) is 18.4 Å². The number of carbonyl (C=O) groups is 1. The van der Waals surface area contributed by atoms with E-state index in [1.165, 1.54) is 0 Å². The van der Waals surface area contributed by atoms with Gasteiger partial charge in [0.15, 0.2) is 0 Å². The summed E-state index contributed by atoms with van der Waals surface area (Å²) in [7, 11) is 0. The van der Waals surface area contributed by atoms with E-state index in [2.05, 4.69) is 16.0 Å². The normalized spacial score (nSPS) is 28.7. The van der Waals surface area contributed by atoms with Crippen molar-refractivity contribution in [2.45, 2.75) is 13.0 Å². The highest BCUT2D eigenvalue weighted by atomic mass is 35.5. The van der Waals surface area contributed by atoms with Gasteiger partial charge < -0.3 is 16.0 Å². The van der Waals surface area contributed by atoms with Crippen LogP contribution in [-0.4, -0.2) is 25.2 Å². The van der Waals surface area contributed by atoms with Crippen molar-refractivity contribution in [3.63, 3.8) is 0 Å². The van der Waals surface area contributed by atoms with Crippen molar-refractivity contribution in [3.8, 4) is 0 Å². The molecule has 3 rings (SSSR count). The molecule has 0 radical (unpaired) electrons. The van der Waals surface area contributed by atoms with Crippen LogP contribution >= 0.6 is 11.6 Å². The molecule has 3 N–H and O–H groups in total. The first-order chi connectivity index (χ1) is 8.65. The summed E-state index contributed by atoms with van der Waals surface area (Å²) in [5.74, 6) is 1.25. The molecule has 5 heteroatoms. The number of urea groups is 1. The van der Waals surface area contributed by atoms with Crippen LogP contribution in [0.5, 0.6) is 0 Å². The monoisotopic (exact) mass is 265 g/mol. The number of amides is 2. The van der Waals surface area contributed by atoms with Crippen molar-refractivity contribution in [2.24, 2.45) is 11.8 Å². The molecule has 1 saturated heterocycles. The number of hydrogen-bond acceptors (Lipinski definition) is 2. The van der Waals surface area contributed by atoms with Gasteiger partial charge in [0, 0.05) is 29.8 Å². The Morgan fingerprint density at radius 2 is 2.11 bits per heavy atom. The first kappa shape index (κ1) is 11.8. The molecule has 2 unspecified atom stereocenters. The Bertz CT molecular complexity index is 481. The molecular formula is C13H16ClN3O. The topological polar surface area (TPSA) is 53.2 Å². The van der Waals surface area contributed by atoms with Gasteiger partial charge in [-0.05, 0) is 36.5 Å². The van der Waals surface area contributed by atoms with Gasteiger partial charge in [-0.3, -0.25) is 0 Å². The van der Waals surface area contributed by atoms with Crippen molar-refractivity contribution >= 4 is 23.3 Å². The second kappa shape index (κ2) is 4.44. The molecule has 1 aromatic rings. The zero-order chi connectivity index (χ0) is 12.7. The molecule has 2 amide bonds. The fourth-order valence-corrected chi connectivity index (χ4v) is 2.80. The van der Waals surface area contributed by atoms with Gasteiger partial charge in [0.1, 0.15) is 0 Å². The van der Waals surface area contributed by atoms with Crippen LogP contribution in [0.15, 0.2) is 18.2 Å². The van der Waals surface area contributed by atoms with E-state index in [1.54, 1.807) is 6.07 Å². The van der Waals surface area contributed by atoms with Crippen LogP contribution in [-0.2, 0) is 0 Å². The van der Waals surface area contributed by atoms with E-state index < -0.39 is 0 Å². The summed E-state index contributed by atoms with van der Waals surface area (Å²) in [6.45, 7) is 3.97. The summed E-state index contributed by atoms with van der Waals surface area (Å²) >= 11 is 6.01. The molecule has 4 nitrogen and oxygen atoms in total. The van der Waals surface area contributed by atoms with Crippen LogP contribution in [0.3, 0.4) is 0 Å². The van der Waals surface area contributed by atoms with E-state index in [0.29, 0.717) is 22.9 Å². The number of hydrogen-bond donors (Lipinski definition) is 3. The number of carbonyl (C=O) groups excluding carboxylic acids is 1. The third-order valence-electron chi connectivity index (χ3n) is 3.82. The van der Waals surface area contributed by atoms with Gasteiger partial charge in [0.2, 0.25) is 0 Å². The minimum atomic E-state index is -0.144. The highest BCUT2D eigenvalue weighted by molar-refractivity contribution is 6.31. The van der Waals surface area contributed by atoms with Crippen LogP contribution in [0, 0.1) is 18.8 Å². The molecule has 0 bridgehead atoms. The van der Waals surface area contributed by atoms with Crippen molar-refractivity contribution in [3.05, 3.63) is 28.8 Å². The van der Waals surface area contributed by atoms with E-state index in [9.17, 15) is 4.79 Å². The zero-order valence-electron chi connectivity index (χ0n) is 10.2. The zero-order valence-corrected chi connectivity index (χ0v) is 10.9. The lowest BCUT2D eigenvalue weighted by Crippen LogP contribution is -2.35. The summed E-state index contributed by atoms with van der Waals surface area (Å²) in [5.41, 5.74) is 1.73. The average molecular weight is 266 g/mol. The fourth-order valence-electron chi connectivity index (χ4n) is 2.62. The molecule has 0 aromatic heterocycles. The molecule has 2 fully saturated rings. The Kier molecular flexibility index (Phi) is 2.92. The number of rotatable bonds is 2. The lowest BCUT2D eigenvalue weighted by Gasteiger charge is -2.10. The lowest BCUT2D eigenvalue weighted by molar-refractivity contribution is 0.250. The minimum absolute atomic E-state index is 0.144. The fraction of sp³-hybridized carbons (Fsp3) is 0.462. The predicted molar refractivity (Wildman–Crippen MR) is 72.0 cm³/mol. The smallest absolute Gasteiger partial charge is 0.319 e. The van der Waals surface area contributed by atoms with Gasteiger partial charge in [-0.2, -0.15) is 0 Å². The van der Waals surface area contributed by atoms with Crippen LogP contribution in [0.4, 0.5) is 10.5 Å². The number of halogens is 1. The second-order valence-corrected chi connectivity index (χ2v) is 5.48. The number of anilines is 1. The predicted octanol–water partition coefficient (Wildman–Crippen LogP) is 1.99. The number of fused-ring (bicyclic) bond motifs is 1. The molecule has 1 aliphatic carbocycles. The second-order valence-electron chi connectivity index (χ2n) is 5.07. The molecule has 1 saturated carbocycles. The maximum Gasteiger partial charge on any atom is 0.319 e. The van der Waals surface area contributed by atoms with Crippen molar-refractivity contribution in [1.29, 1.82) is 0 Å². The molecule has 0 spiro atoms. The Labute approximate surface area is 111 Å². The minimum Gasteiger partial charge on any atom is -0.334 e. The van der Waals surface area contributed by atoms with Crippen LogP contribution < -0.4 is 16.0 Å². The molecular weight excluding hydrogens is 250 g/mol. The van der Waals surface area contributed by atoms with E-state index in [-0.39, 0.29) is 6.03 Å². The summed E-state index contributed by atoms with van der Waals surface area (Å²) in [6.07, 6.45) is 0. The van der Waals surface area contributed by atoms with Crippen molar-refractivity contribution < 1.29 is 4.79 Å². The highest BCUT2D eigenvalue weighted by Crippen LogP contribution is 2.41. The van der Waals surface area contributed by atoms with Crippen LogP contribution in [0.25, 0.3) is 0 Å². The van der Waals surface area contributed by atoms with E-state index in [0.717, 1.165) is 24.3 Å². The summed E-state index contributed by atoms with van der Waals surface area (Å²) in [4.78, 5) is 11.8. The molecule has 2 aliphatic rings. The molecule has 1 aliphatic heterocycles. The van der Waals surface area contributed by atoms with Gasteiger partial charge in [0.25, 0.3) is 0 Å². The standard InChI is InChI=1S/C13H16ClN3O/c1-7-2-3-8(4-11(7)14)16-13(18)17-12-9-5-15-6-10(9)12/h2-4,9-10,12,15H,5-6H2,1H3,(H2,16,17,18). The number of nitrogens with one attached hydrogen (secondary N) is 3. The maximum absolute atomic E-state index is 11.8. The molecule has 96 valence electrons. The number of benzene rings is 1. The Morgan fingerprint density at radius 3 is 2.78 bits per heavy atom. The van der Waals surface area contributed by atoms with Gasteiger partial charge >= 0.3 is 6.03 Å². The molecule has 1 heterocycles. The van der Waals surface area contributed by atoms with Crippen LogP contribution in [0.1, 0.15) is 5.56 Å². The molecule has 2 atom stereocenters. The Morgan fingerprint density at radius 1 is 1.39 bits per heavy atom. The maximum atomic E-state index is 11.8. The van der Waals surface area contributed by atoms with Crippen molar-refractivity contribution in [1.82, 2.24) is 10.6 Å². The number of piperidine rings is 1. The summed E-state index contributed by atoms with van der Waals surface area (Å²) in [5, 5.41) is 9.79. The van der Waals surface area contributed by atoms with E-state index in [1.807, 2.05) is 19.1 Å². The average Bonchev–Trinajstić information content (AvgIpc) is 2.76. The lowest BCUT2D eigenvalue weighted by atomic mass is 10.2. The van der Waals surface area contributed by atoms with Crippen LogP contribution in [0.2, 0.25) is 5.02 Å². The Balaban J connectivity index is 1.56. The first-order valence-corrected chi connectivity index (χ1v) is 6.57. The third kappa shape index (κ3) is 2.18. The van der Waals surface area contributed by atoms with Gasteiger partial charge in [-0.1, -0.05) is 17.7 Å². The van der Waals surface area contributed by atoms with E-state index in [4.69, 9.17) is 11.6 Å². The quantitative estimate of drug-likeness (QED) is 0.766. The Hall–Kier alpha value is -1.26. The van der Waals surface area contributed by atoms with Gasteiger partial charge in [-0.25, -0.2) is 4.79 Å². The van der Waals surface area contributed by atoms with Gasteiger partial charge in [0.05, 0.1) is 0 Å². The molecule has 1 aromatic carbocycles. The highest BCUT2D eigenvalue weighted by Gasteiger charge is 2.53. The van der Waals surface area contributed by atoms with Gasteiger partial charge in [-0.15, -0.1) is 0 Å². The summed E-state index contributed by atoms with van der Waals surface area (Å²) in [6, 6.07) is 5.72. The van der Waals surface area contributed by atoms with E-state index >= 15 is 0 Å². The largest absolute Gasteiger partial charge is 0.334 e. The SMILES string of the molecule is Cc1ccc(NC(=O)NC2C3CNCC32)cc1Cl. The third-order valence-corrected chi connectivity index (χ3v) is 4.23. The number of aryl methyl sites for hydroxylation is 1. The first-order valence-electron chi connectivity index (χ1n) is 6.19. The summed E-state index contributed by atoms with van der Waals surface area (Å²) < 4.78 is 0.